The average Bonchev–Trinajstić information content (AvgIpc) is 3.22. The number of benzene rings is 3. The molecule has 1 aromatic heterocycles. The Bertz CT molecular complexity index is 1350. The Morgan fingerprint density at radius 1 is 1.00 bits per heavy atom. The number of amides is 1. The van der Waals surface area contributed by atoms with Gasteiger partial charge in [0, 0.05) is 20.4 Å². The van der Waals surface area contributed by atoms with Gasteiger partial charge in [0.15, 0.2) is 22.2 Å². The number of hydrogen-bond donors (Lipinski definition) is 2. The monoisotopic (exact) mass is 557 g/mol. The molecule has 4 aromatic rings. The Morgan fingerprint density at radius 2 is 1.84 bits per heavy atom. The summed E-state index contributed by atoms with van der Waals surface area (Å²) < 4.78 is 18.0. The molecule has 0 radical (unpaired) electrons. The van der Waals surface area contributed by atoms with Crippen LogP contribution in [-0.2, 0) is 0 Å². The summed E-state index contributed by atoms with van der Waals surface area (Å²) in [6.45, 7) is 0.947. The third-order valence-electron chi connectivity index (χ3n) is 4.75. The molecule has 0 atom stereocenters. The highest BCUT2D eigenvalue weighted by Crippen LogP contribution is 2.31. The van der Waals surface area contributed by atoms with E-state index < -0.39 is 0 Å². The van der Waals surface area contributed by atoms with Crippen molar-refractivity contribution in [1.29, 1.82) is 0 Å². The van der Waals surface area contributed by atoms with Crippen LogP contribution in [0.3, 0.4) is 0 Å². The molecule has 0 unspecified atom stereocenters. The van der Waals surface area contributed by atoms with Gasteiger partial charge in [0.2, 0.25) is 5.89 Å². The quantitative estimate of drug-likeness (QED) is 0.271. The molecule has 1 aliphatic rings. The maximum Gasteiger partial charge on any atom is 0.257 e. The number of fused-ring (bicyclic) bond motifs is 2. The highest BCUT2D eigenvalue weighted by molar-refractivity contribution is 14.1. The zero-order chi connectivity index (χ0) is 22.1. The van der Waals surface area contributed by atoms with Crippen molar-refractivity contribution in [3.05, 3.63) is 69.8 Å². The molecule has 3 aromatic carbocycles. The number of anilines is 1. The van der Waals surface area contributed by atoms with Gasteiger partial charge in [-0.05, 0) is 89.4 Å². The first-order valence-electron chi connectivity index (χ1n) is 9.74. The lowest BCUT2D eigenvalue weighted by atomic mass is 10.2. The fraction of sp³-hybridized carbons (Fsp3) is 0.0870. The number of thiocarbonyl (C=S) groups is 1. The van der Waals surface area contributed by atoms with Gasteiger partial charge in [-0.1, -0.05) is 6.07 Å². The molecular formula is C23H16IN3O4S. The van der Waals surface area contributed by atoms with Crippen LogP contribution in [0.2, 0.25) is 0 Å². The van der Waals surface area contributed by atoms with E-state index in [1.807, 2.05) is 42.5 Å². The lowest BCUT2D eigenvalue weighted by Gasteiger charge is -2.18. The second-order valence-electron chi connectivity index (χ2n) is 6.98. The maximum atomic E-state index is 12.6. The number of aromatic nitrogens is 1. The molecule has 5 rings (SSSR count). The van der Waals surface area contributed by atoms with Crippen molar-refractivity contribution in [3.8, 4) is 23.0 Å². The molecule has 32 heavy (non-hydrogen) atoms. The number of carbonyl (C=O) groups excluding carboxylic acids is 1. The van der Waals surface area contributed by atoms with E-state index in [2.05, 4.69) is 38.2 Å². The molecule has 1 aliphatic heterocycles. The van der Waals surface area contributed by atoms with Gasteiger partial charge < -0.3 is 19.2 Å². The largest absolute Gasteiger partial charge is 0.486 e. The average molecular weight is 557 g/mol. The van der Waals surface area contributed by atoms with Crippen molar-refractivity contribution in [1.82, 2.24) is 10.3 Å². The lowest BCUT2D eigenvalue weighted by Crippen LogP contribution is -2.34. The van der Waals surface area contributed by atoms with Crippen LogP contribution in [0.25, 0.3) is 22.6 Å². The first-order chi connectivity index (χ1) is 15.5. The van der Waals surface area contributed by atoms with E-state index in [1.165, 1.54) is 0 Å². The lowest BCUT2D eigenvalue weighted by molar-refractivity contribution is 0.0976. The van der Waals surface area contributed by atoms with Gasteiger partial charge in [0.05, 0.1) is 0 Å². The van der Waals surface area contributed by atoms with Crippen LogP contribution < -0.4 is 20.1 Å². The third-order valence-corrected chi connectivity index (χ3v) is 5.62. The minimum Gasteiger partial charge on any atom is -0.486 e. The molecule has 0 spiro atoms. The second kappa shape index (κ2) is 8.75. The summed E-state index contributed by atoms with van der Waals surface area (Å²) in [6.07, 6.45) is 0. The van der Waals surface area contributed by atoms with E-state index in [0.29, 0.717) is 53.0 Å². The number of ether oxygens (including phenoxy) is 2. The van der Waals surface area contributed by atoms with Gasteiger partial charge in [-0.25, -0.2) is 4.98 Å². The first-order valence-corrected chi connectivity index (χ1v) is 11.2. The fourth-order valence-electron chi connectivity index (χ4n) is 3.27. The first kappa shape index (κ1) is 20.7. The summed E-state index contributed by atoms with van der Waals surface area (Å²) >= 11 is 7.56. The summed E-state index contributed by atoms with van der Waals surface area (Å²) in [6, 6.07) is 18.4. The zero-order valence-corrected chi connectivity index (χ0v) is 19.5. The van der Waals surface area contributed by atoms with E-state index >= 15 is 0 Å². The molecule has 0 saturated carbocycles. The van der Waals surface area contributed by atoms with Gasteiger partial charge in [-0.2, -0.15) is 0 Å². The van der Waals surface area contributed by atoms with Crippen LogP contribution in [0.15, 0.2) is 65.1 Å². The summed E-state index contributed by atoms with van der Waals surface area (Å²) in [5, 5.41) is 5.86. The third kappa shape index (κ3) is 4.39. The predicted molar refractivity (Wildman–Crippen MR) is 133 cm³/mol. The molecule has 0 aliphatic carbocycles. The molecule has 0 saturated heterocycles. The van der Waals surface area contributed by atoms with E-state index in [-0.39, 0.29) is 11.0 Å². The van der Waals surface area contributed by atoms with Crippen LogP contribution in [0.5, 0.6) is 11.5 Å². The highest BCUT2D eigenvalue weighted by atomic mass is 127. The van der Waals surface area contributed by atoms with E-state index in [0.717, 1.165) is 9.13 Å². The zero-order valence-electron chi connectivity index (χ0n) is 16.6. The van der Waals surface area contributed by atoms with Gasteiger partial charge in [-0.3, -0.25) is 10.1 Å². The Kier molecular flexibility index (Phi) is 5.66. The Balaban J connectivity index is 1.28. The summed E-state index contributed by atoms with van der Waals surface area (Å²) in [4.78, 5) is 17.1. The van der Waals surface area contributed by atoms with Gasteiger partial charge in [0.25, 0.3) is 5.91 Å². The maximum absolute atomic E-state index is 12.6. The Hall–Kier alpha value is -3.18. The smallest absolute Gasteiger partial charge is 0.257 e. The predicted octanol–water partition coefficient (Wildman–Crippen LogP) is 5.00. The molecule has 7 nitrogen and oxygen atoms in total. The number of hydrogen-bond acceptors (Lipinski definition) is 6. The van der Waals surface area contributed by atoms with Gasteiger partial charge >= 0.3 is 0 Å². The molecule has 160 valence electrons. The van der Waals surface area contributed by atoms with Crippen molar-refractivity contribution in [2.75, 3.05) is 18.5 Å². The number of nitrogens with zero attached hydrogens (tertiary/aromatic N) is 1. The van der Waals surface area contributed by atoms with Crippen molar-refractivity contribution in [3.63, 3.8) is 0 Å². The summed E-state index contributed by atoms with van der Waals surface area (Å²) in [7, 11) is 0. The van der Waals surface area contributed by atoms with Crippen LogP contribution in [0, 0.1) is 3.57 Å². The van der Waals surface area contributed by atoms with Crippen molar-refractivity contribution in [2.24, 2.45) is 0 Å². The molecular weight excluding hydrogens is 541 g/mol. The number of rotatable bonds is 3. The van der Waals surface area contributed by atoms with Crippen LogP contribution in [0.4, 0.5) is 5.69 Å². The topological polar surface area (TPSA) is 85.6 Å². The van der Waals surface area contributed by atoms with Crippen LogP contribution in [-0.4, -0.2) is 29.2 Å². The minimum absolute atomic E-state index is 0.172. The Labute approximate surface area is 202 Å². The number of carbonyl (C=O) groups is 1. The summed E-state index contributed by atoms with van der Waals surface area (Å²) in [5.74, 6) is 1.37. The van der Waals surface area contributed by atoms with E-state index in [1.54, 1.807) is 18.2 Å². The normalized spacial score (nSPS) is 12.4. The number of oxazole rings is 1. The standard InChI is InChI=1S/C23H16IN3O4S/c24-15-3-1-2-14(10-15)22-26-17-12-16(5-7-18(17)31-22)25-23(32)27-21(28)13-4-6-19-20(11-13)30-9-8-29-19/h1-7,10-12H,8-9H2,(H2,25,27,28,32). The van der Waals surface area contributed by atoms with Crippen molar-refractivity contribution in [2.45, 2.75) is 0 Å². The van der Waals surface area contributed by atoms with Crippen molar-refractivity contribution >= 4 is 62.6 Å². The van der Waals surface area contributed by atoms with Gasteiger partial charge in [0.1, 0.15) is 18.7 Å². The molecule has 9 heteroatoms. The second-order valence-corrected chi connectivity index (χ2v) is 8.63. The fourth-order valence-corrected chi connectivity index (χ4v) is 4.03. The van der Waals surface area contributed by atoms with Crippen LogP contribution >= 0.6 is 34.8 Å². The molecule has 2 heterocycles. The molecule has 0 bridgehead atoms. The summed E-state index contributed by atoms with van der Waals surface area (Å²) in [5.41, 5.74) is 3.37. The van der Waals surface area contributed by atoms with E-state index in [4.69, 9.17) is 26.1 Å². The minimum atomic E-state index is -0.344. The SMILES string of the molecule is O=C(NC(=S)Nc1ccc2oc(-c3cccc(I)c3)nc2c1)c1ccc2c(c1)OCCO2. The van der Waals surface area contributed by atoms with Crippen LogP contribution in [0.1, 0.15) is 10.4 Å². The van der Waals surface area contributed by atoms with Crippen molar-refractivity contribution < 1.29 is 18.7 Å². The number of halogens is 1. The Morgan fingerprint density at radius 3 is 2.69 bits per heavy atom. The van der Waals surface area contributed by atoms with E-state index in [9.17, 15) is 4.79 Å². The van der Waals surface area contributed by atoms with Gasteiger partial charge in [-0.15, -0.1) is 0 Å². The molecule has 0 fully saturated rings. The number of nitrogens with one attached hydrogen (secondary N) is 2. The molecule has 1 amide bonds. The molecule has 2 N–H and O–H groups in total. The highest BCUT2D eigenvalue weighted by Gasteiger charge is 2.16.